The zero-order valence-electron chi connectivity index (χ0n) is 28.6. The zero-order chi connectivity index (χ0) is 33.1. The lowest BCUT2D eigenvalue weighted by Crippen LogP contribution is -2.60. The van der Waals surface area contributed by atoms with Gasteiger partial charge in [-0.3, -0.25) is 4.79 Å². The fourth-order valence-electron chi connectivity index (χ4n) is 5.80. The molecule has 1 fully saturated rings. The van der Waals surface area contributed by atoms with Gasteiger partial charge in [-0.2, -0.15) is 0 Å². The van der Waals surface area contributed by atoms with Gasteiger partial charge in [-0.05, 0) is 19.3 Å². The lowest BCUT2D eigenvalue weighted by molar-refractivity contribution is -0.302. The number of hydrogen-bond donors (Lipinski definition) is 6. The van der Waals surface area contributed by atoms with Crippen molar-refractivity contribution in [1.82, 2.24) is 5.32 Å². The Balaban J connectivity index is 2.33. The summed E-state index contributed by atoms with van der Waals surface area (Å²) in [7, 11) is 0. The molecule has 9 nitrogen and oxygen atoms in total. The second-order valence-electron chi connectivity index (χ2n) is 13.0. The third-order valence-corrected chi connectivity index (χ3v) is 8.86. The maximum absolute atomic E-state index is 12.6. The van der Waals surface area contributed by atoms with Gasteiger partial charge in [0.1, 0.15) is 24.4 Å². The monoisotopic (exact) mass is 644 g/mol. The van der Waals surface area contributed by atoms with Crippen LogP contribution in [-0.4, -0.2) is 87.5 Å². The highest BCUT2D eigenvalue weighted by Crippen LogP contribution is 2.22. The van der Waals surface area contributed by atoms with Crippen LogP contribution in [0.2, 0.25) is 0 Å². The minimum Gasteiger partial charge on any atom is -0.394 e. The summed E-state index contributed by atoms with van der Waals surface area (Å²) in [6.45, 7) is 3.62. The number of amides is 1. The van der Waals surface area contributed by atoms with E-state index in [0.717, 1.165) is 44.9 Å². The summed E-state index contributed by atoms with van der Waals surface area (Å²) in [6, 6.07) is -0.793. The van der Waals surface area contributed by atoms with Crippen molar-refractivity contribution in [2.24, 2.45) is 0 Å². The normalized spacial score (nSPS) is 23.4. The molecule has 1 heterocycles. The van der Waals surface area contributed by atoms with E-state index in [1.807, 2.05) is 6.08 Å². The summed E-state index contributed by atoms with van der Waals surface area (Å²) in [5.41, 5.74) is 0. The molecule has 0 aromatic rings. The van der Waals surface area contributed by atoms with Crippen molar-refractivity contribution in [2.75, 3.05) is 13.2 Å². The number of carbonyl (C=O) groups excluding carboxylic acids is 1. The fraction of sp³-hybridized carbons (Fsp3) is 0.917. The summed E-state index contributed by atoms with van der Waals surface area (Å²) in [5.74, 6) is -0.196. The van der Waals surface area contributed by atoms with Crippen molar-refractivity contribution in [1.29, 1.82) is 0 Å². The molecule has 0 bridgehead atoms. The van der Waals surface area contributed by atoms with Crippen molar-refractivity contribution in [3.05, 3.63) is 12.2 Å². The standard InChI is InChI=1S/C36H69NO8/c1-3-5-7-9-10-11-12-13-14-15-16-17-18-19-20-21-22-23-25-30(39)29(37-32(40)26-24-8-6-4-2)28-44-36-35(43)34(42)33(41)31(27-38)45-36/h23,25,29-31,33-36,38-39,41-43H,3-22,24,26-28H2,1-2H3,(H,37,40)/b25-23+. The summed E-state index contributed by atoms with van der Waals surface area (Å²) in [6.07, 6.45) is 21.7. The van der Waals surface area contributed by atoms with Gasteiger partial charge < -0.3 is 40.3 Å². The van der Waals surface area contributed by atoms with E-state index in [9.17, 15) is 30.3 Å². The SMILES string of the molecule is CCCCCCCCCCCCCCCCCC/C=C/C(O)C(COC1OC(CO)C(O)C(O)C1O)NC(=O)CCCCCC. The molecule has 45 heavy (non-hydrogen) atoms. The van der Waals surface area contributed by atoms with Crippen molar-refractivity contribution in [3.8, 4) is 0 Å². The number of allylic oxidation sites excluding steroid dienone is 1. The number of carbonyl (C=O) groups is 1. The molecule has 7 unspecified atom stereocenters. The van der Waals surface area contributed by atoms with Crippen molar-refractivity contribution in [2.45, 2.75) is 198 Å². The molecule has 6 N–H and O–H groups in total. The molecule has 1 saturated heterocycles. The second kappa shape index (κ2) is 28.0. The van der Waals surface area contributed by atoms with E-state index in [-0.39, 0.29) is 12.5 Å². The Hall–Kier alpha value is -1.07. The first-order chi connectivity index (χ1) is 21.8. The quantitative estimate of drug-likeness (QED) is 0.0441. The molecule has 0 radical (unpaired) electrons. The smallest absolute Gasteiger partial charge is 0.220 e. The van der Waals surface area contributed by atoms with Crippen LogP contribution < -0.4 is 5.32 Å². The maximum Gasteiger partial charge on any atom is 0.220 e. The van der Waals surface area contributed by atoms with Crippen molar-refractivity contribution >= 4 is 5.91 Å². The van der Waals surface area contributed by atoms with Crippen LogP contribution in [0.5, 0.6) is 0 Å². The number of nitrogens with one attached hydrogen (secondary N) is 1. The van der Waals surface area contributed by atoms with E-state index in [1.54, 1.807) is 6.08 Å². The first-order valence-electron chi connectivity index (χ1n) is 18.4. The van der Waals surface area contributed by atoms with Crippen molar-refractivity contribution < 1.29 is 39.8 Å². The van der Waals surface area contributed by atoms with Gasteiger partial charge >= 0.3 is 0 Å². The molecule has 1 aliphatic rings. The molecule has 0 saturated carbocycles. The van der Waals surface area contributed by atoms with E-state index in [2.05, 4.69) is 19.2 Å². The summed E-state index contributed by atoms with van der Waals surface area (Å²) in [5, 5.41) is 53.5. The molecular formula is C36H69NO8. The Bertz CT molecular complexity index is 721. The Labute approximate surface area is 274 Å². The minimum absolute atomic E-state index is 0.187. The van der Waals surface area contributed by atoms with E-state index in [4.69, 9.17) is 9.47 Å². The third-order valence-electron chi connectivity index (χ3n) is 8.86. The van der Waals surface area contributed by atoms with Gasteiger partial charge in [-0.15, -0.1) is 0 Å². The molecular weight excluding hydrogens is 574 g/mol. The highest BCUT2D eigenvalue weighted by atomic mass is 16.7. The van der Waals surface area contributed by atoms with Crippen LogP contribution in [-0.2, 0) is 14.3 Å². The highest BCUT2D eigenvalue weighted by Gasteiger charge is 2.44. The molecule has 1 aliphatic heterocycles. The zero-order valence-corrected chi connectivity index (χ0v) is 28.6. The lowest BCUT2D eigenvalue weighted by atomic mass is 9.99. The van der Waals surface area contributed by atoms with Gasteiger partial charge in [0.2, 0.25) is 5.91 Å². The molecule has 1 rings (SSSR count). The Morgan fingerprint density at radius 1 is 0.733 bits per heavy atom. The van der Waals surface area contributed by atoms with Crippen LogP contribution in [0.3, 0.4) is 0 Å². The number of aliphatic hydroxyl groups excluding tert-OH is 5. The molecule has 1 amide bonds. The second-order valence-corrected chi connectivity index (χ2v) is 13.0. The molecule has 0 spiro atoms. The van der Waals surface area contributed by atoms with Crippen LogP contribution in [0.1, 0.15) is 155 Å². The first-order valence-corrected chi connectivity index (χ1v) is 18.4. The number of rotatable bonds is 29. The first kappa shape index (κ1) is 42.0. The van der Waals surface area contributed by atoms with Gasteiger partial charge in [-0.1, -0.05) is 142 Å². The van der Waals surface area contributed by atoms with Crippen LogP contribution in [0.4, 0.5) is 0 Å². The predicted octanol–water partition coefficient (Wildman–Crippen LogP) is 5.83. The van der Waals surface area contributed by atoms with Crippen LogP contribution in [0, 0.1) is 0 Å². The van der Waals surface area contributed by atoms with Crippen LogP contribution in [0.15, 0.2) is 12.2 Å². The molecule has 0 aromatic heterocycles. The van der Waals surface area contributed by atoms with Crippen LogP contribution in [0.25, 0.3) is 0 Å². The topological polar surface area (TPSA) is 149 Å². The predicted molar refractivity (Wildman–Crippen MR) is 180 cm³/mol. The number of unbranched alkanes of at least 4 members (excludes halogenated alkanes) is 19. The summed E-state index contributed by atoms with van der Waals surface area (Å²) >= 11 is 0. The molecule has 7 atom stereocenters. The number of hydrogen-bond acceptors (Lipinski definition) is 8. The van der Waals surface area contributed by atoms with E-state index in [1.165, 1.54) is 89.9 Å². The highest BCUT2D eigenvalue weighted by molar-refractivity contribution is 5.76. The fourth-order valence-corrected chi connectivity index (χ4v) is 5.80. The van der Waals surface area contributed by atoms with Gasteiger partial charge in [0, 0.05) is 6.42 Å². The Kier molecular flexibility index (Phi) is 26.1. The largest absolute Gasteiger partial charge is 0.394 e. The molecule has 0 aromatic carbocycles. The van der Waals surface area contributed by atoms with Gasteiger partial charge in [0.25, 0.3) is 0 Å². The number of ether oxygens (including phenoxy) is 2. The number of aliphatic hydroxyl groups is 5. The van der Waals surface area contributed by atoms with Gasteiger partial charge in [0.05, 0.1) is 25.4 Å². The Morgan fingerprint density at radius 2 is 1.22 bits per heavy atom. The lowest BCUT2D eigenvalue weighted by Gasteiger charge is -2.40. The van der Waals surface area contributed by atoms with Crippen molar-refractivity contribution in [3.63, 3.8) is 0 Å². The van der Waals surface area contributed by atoms with Gasteiger partial charge in [-0.25, -0.2) is 0 Å². The maximum atomic E-state index is 12.6. The Morgan fingerprint density at radius 3 is 1.73 bits per heavy atom. The average molecular weight is 644 g/mol. The minimum atomic E-state index is -1.56. The summed E-state index contributed by atoms with van der Waals surface area (Å²) < 4.78 is 11.1. The third kappa shape index (κ3) is 20.0. The van der Waals surface area contributed by atoms with E-state index in [0.29, 0.717) is 6.42 Å². The van der Waals surface area contributed by atoms with Gasteiger partial charge in [0.15, 0.2) is 6.29 Å². The molecule has 0 aliphatic carbocycles. The molecule has 9 heteroatoms. The average Bonchev–Trinajstić information content (AvgIpc) is 3.04. The summed E-state index contributed by atoms with van der Waals surface area (Å²) in [4.78, 5) is 12.6. The van der Waals surface area contributed by atoms with E-state index >= 15 is 0 Å². The molecule has 266 valence electrons. The van der Waals surface area contributed by atoms with E-state index < -0.39 is 49.5 Å². The van der Waals surface area contributed by atoms with Crippen LogP contribution >= 0.6 is 0 Å².